The fourth-order valence-corrected chi connectivity index (χ4v) is 0.798. The number of hydrogen-bond donors (Lipinski definition) is 3. The molecule has 0 spiro atoms. The lowest BCUT2D eigenvalue weighted by Gasteiger charge is -2.04. The zero-order valence-corrected chi connectivity index (χ0v) is 6.40. The summed E-state index contributed by atoms with van der Waals surface area (Å²) in [6, 6.07) is 0. The van der Waals surface area contributed by atoms with E-state index in [0.717, 1.165) is 4.57 Å². The van der Waals surface area contributed by atoms with Crippen molar-refractivity contribution in [1.82, 2.24) is 14.5 Å². The highest BCUT2D eigenvalue weighted by atomic mass is 16.1. The third kappa shape index (κ3) is 1.51. The molecule has 0 fully saturated rings. The van der Waals surface area contributed by atoms with E-state index in [-0.39, 0.29) is 11.9 Å². The molecule has 0 aliphatic heterocycles. The summed E-state index contributed by atoms with van der Waals surface area (Å²) in [5.74, 6) is -0.0799. The van der Waals surface area contributed by atoms with E-state index >= 15 is 0 Å². The average Bonchev–Trinajstić information content (AvgIpc) is 1.96. The molecule has 0 atom stereocenters. The van der Waals surface area contributed by atoms with Crippen molar-refractivity contribution in [3.8, 4) is 0 Å². The molecule has 6 N–H and O–H groups in total. The number of anilines is 2. The van der Waals surface area contributed by atoms with Crippen molar-refractivity contribution in [2.75, 3.05) is 18.0 Å². The van der Waals surface area contributed by atoms with Gasteiger partial charge in [-0.3, -0.25) is 4.57 Å². The van der Waals surface area contributed by atoms with E-state index in [1.807, 2.05) is 0 Å². The Balaban J connectivity index is 3.19. The molecule has 0 amide bonds. The molecule has 7 nitrogen and oxygen atoms in total. The van der Waals surface area contributed by atoms with Gasteiger partial charge in [-0.2, -0.15) is 9.97 Å². The maximum Gasteiger partial charge on any atom is 0.353 e. The van der Waals surface area contributed by atoms with Crippen LogP contribution in [0.1, 0.15) is 0 Å². The molecule has 0 bridgehead atoms. The summed E-state index contributed by atoms with van der Waals surface area (Å²) in [4.78, 5) is 18.0. The van der Waals surface area contributed by atoms with Crippen LogP contribution in [0.3, 0.4) is 0 Å². The summed E-state index contributed by atoms with van der Waals surface area (Å²) in [7, 11) is 0. The van der Waals surface area contributed by atoms with Crippen LogP contribution >= 0.6 is 0 Å². The molecule has 0 unspecified atom stereocenters. The van der Waals surface area contributed by atoms with Crippen LogP contribution in [0.4, 0.5) is 11.9 Å². The van der Waals surface area contributed by atoms with Gasteiger partial charge >= 0.3 is 5.69 Å². The van der Waals surface area contributed by atoms with Crippen LogP contribution in [-0.2, 0) is 6.54 Å². The number of hydrogen-bond acceptors (Lipinski definition) is 6. The van der Waals surface area contributed by atoms with Crippen LogP contribution in [0.5, 0.6) is 0 Å². The predicted octanol–water partition coefficient (Wildman–Crippen LogP) is -2.24. The molecule has 1 aromatic heterocycles. The molecular formula is C5H10N6O. The second kappa shape index (κ2) is 3.18. The monoisotopic (exact) mass is 170 g/mol. The van der Waals surface area contributed by atoms with Crippen LogP contribution in [0, 0.1) is 0 Å². The van der Waals surface area contributed by atoms with Crippen LogP contribution in [0.2, 0.25) is 0 Å². The van der Waals surface area contributed by atoms with Gasteiger partial charge < -0.3 is 17.2 Å². The minimum atomic E-state index is -0.523. The Hall–Kier alpha value is -1.63. The van der Waals surface area contributed by atoms with E-state index in [4.69, 9.17) is 17.2 Å². The number of nitrogens with two attached hydrogens (primary N) is 3. The minimum Gasteiger partial charge on any atom is -0.369 e. The van der Waals surface area contributed by atoms with Crippen molar-refractivity contribution in [1.29, 1.82) is 0 Å². The first-order chi connectivity index (χ1) is 5.65. The van der Waals surface area contributed by atoms with Gasteiger partial charge in [0.25, 0.3) is 0 Å². The molecule has 1 aromatic rings. The number of nitrogens with zero attached hydrogens (tertiary/aromatic N) is 3. The molecule has 66 valence electrons. The number of nitrogen functional groups attached to an aromatic ring is 2. The Morgan fingerprint density at radius 2 is 2.00 bits per heavy atom. The van der Waals surface area contributed by atoms with Crippen LogP contribution in [-0.4, -0.2) is 21.1 Å². The van der Waals surface area contributed by atoms with Crippen molar-refractivity contribution in [2.45, 2.75) is 6.54 Å². The quantitative estimate of drug-likeness (QED) is 0.460. The molecule has 0 aromatic carbocycles. The van der Waals surface area contributed by atoms with Crippen molar-refractivity contribution in [3.05, 3.63) is 10.5 Å². The highest BCUT2D eigenvalue weighted by Crippen LogP contribution is 1.93. The van der Waals surface area contributed by atoms with E-state index in [0.29, 0.717) is 13.1 Å². The highest BCUT2D eigenvalue weighted by molar-refractivity contribution is 5.25. The molecule has 12 heavy (non-hydrogen) atoms. The van der Waals surface area contributed by atoms with Crippen molar-refractivity contribution < 1.29 is 0 Å². The topological polar surface area (TPSA) is 126 Å². The van der Waals surface area contributed by atoms with Gasteiger partial charge in [0.1, 0.15) is 0 Å². The molecule has 0 aliphatic rings. The van der Waals surface area contributed by atoms with Crippen LogP contribution < -0.4 is 22.9 Å². The number of rotatable bonds is 2. The SMILES string of the molecule is NCCn1c(N)nc(N)nc1=O. The fourth-order valence-electron chi connectivity index (χ4n) is 0.798. The molecule has 0 radical (unpaired) electrons. The van der Waals surface area contributed by atoms with E-state index in [1.54, 1.807) is 0 Å². The van der Waals surface area contributed by atoms with Gasteiger partial charge in [0.2, 0.25) is 11.9 Å². The first-order valence-electron chi connectivity index (χ1n) is 3.35. The summed E-state index contributed by atoms with van der Waals surface area (Å²) < 4.78 is 1.16. The Kier molecular flexibility index (Phi) is 2.24. The van der Waals surface area contributed by atoms with Gasteiger partial charge in [-0.15, -0.1) is 0 Å². The second-order valence-corrected chi connectivity index (χ2v) is 2.16. The van der Waals surface area contributed by atoms with Crippen molar-refractivity contribution >= 4 is 11.9 Å². The first-order valence-corrected chi connectivity index (χ1v) is 3.35. The summed E-state index contributed by atoms with van der Waals surface area (Å²) in [6.07, 6.45) is 0. The van der Waals surface area contributed by atoms with E-state index in [9.17, 15) is 4.79 Å². The molecule has 1 rings (SSSR count). The van der Waals surface area contributed by atoms with Crippen LogP contribution in [0.15, 0.2) is 4.79 Å². The van der Waals surface area contributed by atoms with Crippen LogP contribution in [0.25, 0.3) is 0 Å². The lowest BCUT2D eigenvalue weighted by molar-refractivity contribution is 0.656. The molecule has 7 heteroatoms. The normalized spacial score (nSPS) is 10.1. The maximum absolute atomic E-state index is 11.0. The smallest absolute Gasteiger partial charge is 0.353 e. The average molecular weight is 170 g/mol. The van der Waals surface area contributed by atoms with Gasteiger partial charge in [-0.25, -0.2) is 4.79 Å². The zero-order chi connectivity index (χ0) is 9.14. The predicted molar refractivity (Wildman–Crippen MR) is 44.2 cm³/mol. The standard InChI is InChI=1S/C5H10N6O/c6-1-2-11-4(8)9-3(7)10-5(11)12/h1-2,6H2,(H4,7,8,9,10,12). The maximum atomic E-state index is 11.0. The summed E-state index contributed by atoms with van der Waals surface area (Å²) in [5, 5.41) is 0. The van der Waals surface area contributed by atoms with Crippen molar-refractivity contribution in [2.24, 2.45) is 5.73 Å². The Bertz CT molecular complexity index is 331. The lowest BCUT2D eigenvalue weighted by atomic mass is 10.6. The first kappa shape index (κ1) is 8.47. The van der Waals surface area contributed by atoms with Crippen molar-refractivity contribution in [3.63, 3.8) is 0 Å². The third-order valence-corrected chi connectivity index (χ3v) is 1.30. The van der Waals surface area contributed by atoms with Gasteiger partial charge in [0.05, 0.1) is 0 Å². The largest absolute Gasteiger partial charge is 0.369 e. The Morgan fingerprint density at radius 3 is 2.50 bits per heavy atom. The Morgan fingerprint density at radius 1 is 1.33 bits per heavy atom. The fraction of sp³-hybridized carbons (Fsp3) is 0.400. The van der Waals surface area contributed by atoms with E-state index in [2.05, 4.69) is 9.97 Å². The summed E-state index contributed by atoms with van der Waals surface area (Å²) in [6.45, 7) is 0.600. The molecule has 1 heterocycles. The second-order valence-electron chi connectivity index (χ2n) is 2.16. The summed E-state index contributed by atoms with van der Waals surface area (Å²) in [5.41, 5.74) is 15.3. The third-order valence-electron chi connectivity index (χ3n) is 1.30. The van der Waals surface area contributed by atoms with Gasteiger partial charge in [0, 0.05) is 13.1 Å². The highest BCUT2D eigenvalue weighted by Gasteiger charge is 2.03. The molecule has 0 saturated heterocycles. The summed E-state index contributed by atoms with van der Waals surface area (Å²) >= 11 is 0. The van der Waals surface area contributed by atoms with Gasteiger partial charge in [-0.1, -0.05) is 0 Å². The molecular weight excluding hydrogens is 160 g/mol. The van der Waals surface area contributed by atoms with Gasteiger partial charge in [-0.05, 0) is 0 Å². The Labute approximate surface area is 68.2 Å². The lowest BCUT2D eigenvalue weighted by Crippen LogP contribution is -2.30. The van der Waals surface area contributed by atoms with Gasteiger partial charge in [0.15, 0.2) is 0 Å². The minimum absolute atomic E-state index is 0.0398. The molecule has 0 aliphatic carbocycles. The number of aromatic nitrogens is 3. The zero-order valence-electron chi connectivity index (χ0n) is 6.40. The van der Waals surface area contributed by atoms with E-state index < -0.39 is 5.69 Å². The molecule has 0 saturated carbocycles. The van der Waals surface area contributed by atoms with E-state index in [1.165, 1.54) is 0 Å².